The molecule has 1 aliphatic heterocycles. The molecule has 1 atom stereocenters. The van der Waals surface area contributed by atoms with E-state index in [0.717, 1.165) is 6.07 Å². The summed E-state index contributed by atoms with van der Waals surface area (Å²) in [5.74, 6) is 0. The summed E-state index contributed by atoms with van der Waals surface area (Å²) in [5, 5.41) is 11.4. The van der Waals surface area contributed by atoms with Gasteiger partial charge in [0.05, 0.1) is 22.5 Å². The predicted molar refractivity (Wildman–Crippen MR) is 92.0 cm³/mol. The number of morpholine rings is 1. The molecular formula is C16H15ClN2O5S. The molecule has 0 N–H and O–H groups in total. The van der Waals surface area contributed by atoms with E-state index >= 15 is 0 Å². The lowest BCUT2D eigenvalue weighted by Gasteiger charge is -2.32. The highest BCUT2D eigenvalue weighted by Gasteiger charge is 2.32. The molecule has 1 unspecified atom stereocenters. The number of hydrogen-bond acceptors (Lipinski definition) is 5. The molecule has 132 valence electrons. The van der Waals surface area contributed by atoms with Crippen LogP contribution in [0.1, 0.15) is 11.7 Å². The van der Waals surface area contributed by atoms with Crippen molar-refractivity contribution in [3.05, 3.63) is 69.2 Å². The molecule has 1 saturated heterocycles. The summed E-state index contributed by atoms with van der Waals surface area (Å²) in [5.41, 5.74) is 0.445. The number of nitro benzene ring substituents is 1. The molecule has 0 spiro atoms. The van der Waals surface area contributed by atoms with Crippen molar-refractivity contribution >= 4 is 27.3 Å². The van der Waals surface area contributed by atoms with Gasteiger partial charge in [-0.3, -0.25) is 10.1 Å². The normalized spacial score (nSPS) is 18.8. The number of halogens is 1. The second kappa shape index (κ2) is 7.09. The van der Waals surface area contributed by atoms with Gasteiger partial charge in [-0.15, -0.1) is 0 Å². The molecule has 25 heavy (non-hydrogen) atoms. The van der Waals surface area contributed by atoms with Gasteiger partial charge in [0.15, 0.2) is 0 Å². The van der Waals surface area contributed by atoms with Crippen LogP contribution in [0.2, 0.25) is 5.02 Å². The fraction of sp³-hybridized carbons (Fsp3) is 0.250. The largest absolute Gasteiger partial charge is 0.371 e. The Kier molecular flexibility index (Phi) is 5.05. The van der Waals surface area contributed by atoms with Gasteiger partial charge in [-0.1, -0.05) is 35.9 Å². The number of ether oxygens (including phenoxy) is 1. The minimum atomic E-state index is -3.87. The minimum absolute atomic E-state index is 0.0920. The smallest absolute Gasteiger partial charge is 0.270 e. The maximum atomic E-state index is 12.8. The molecule has 0 radical (unpaired) electrons. The maximum absolute atomic E-state index is 12.8. The van der Waals surface area contributed by atoms with Crippen LogP contribution >= 0.6 is 11.6 Å². The third kappa shape index (κ3) is 3.67. The van der Waals surface area contributed by atoms with Crippen molar-refractivity contribution in [3.63, 3.8) is 0 Å². The zero-order valence-electron chi connectivity index (χ0n) is 13.0. The molecule has 1 fully saturated rings. The average Bonchev–Trinajstić information content (AvgIpc) is 2.62. The molecule has 3 rings (SSSR count). The molecule has 0 bridgehead atoms. The van der Waals surface area contributed by atoms with Crippen molar-refractivity contribution in [2.75, 3.05) is 19.7 Å². The lowest BCUT2D eigenvalue weighted by molar-refractivity contribution is -0.385. The molecule has 0 amide bonds. The van der Waals surface area contributed by atoms with Crippen LogP contribution in [-0.4, -0.2) is 37.3 Å². The van der Waals surface area contributed by atoms with Crippen molar-refractivity contribution in [2.24, 2.45) is 0 Å². The number of rotatable bonds is 4. The van der Waals surface area contributed by atoms with Crippen molar-refractivity contribution < 1.29 is 18.1 Å². The first-order valence-electron chi connectivity index (χ1n) is 7.50. The maximum Gasteiger partial charge on any atom is 0.270 e. The van der Waals surface area contributed by atoms with Gasteiger partial charge in [0.25, 0.3) is 5.69 Å². The first-order chi connectivity index (χ1) is 11.9. The monoisotopic (exact) mass is 382 g/mol. The molecule has 2 aromatic carbocycles. The summed E-state index contributed by atoms with van der Waals surface area (Å²) < 4.78 is 32.6. The fourth-order valence-electron chi connectivity index (χ4n) is 2.67. The summed E-state index contributed by atoms with van der Waals surface area (Å²) in [6.07, 6.45) is -0.490. The minimum Gasteiger partial charge on any atom is -0.371 e. The Balaban J connectivity index is 1.89. The number of nitrogens with zero attached hydrogens (tertiary/aromatic N) is 2. The van der Waals surface area contributed by atoms with E-state index in [4.69, 9.17) is 16.3 Å². The summed E-state index contributed by atoms with van der Waals surface area (Å²) >= 11 is 6.17. The lowest BCUT2D eigenvalue weighted by atomic mass is 10.1. The second-order valence-corrected chi connectivity index (χ2v) is 7.84. The van der Waals surface area contributed by atoms with E-state index in [1.165, 1.54) is 22.5 Å². The van der Waals surface area contributed by atoms with Crippen LogP contribution < -0.4 is 0 Å². The Hall–Kier alpha value is -2.00. The van der Waals surface area contributed by atoms with Crippen LogP contribution in [0.4, 0.5) is 5.69 Å². The van der Waals surface area contributed by atoms with Crippen LogP contribution in [0, 0.1) is 10.1 Å². The molecule has 0 aliphatic carbocycles. The van der Waals surface area contributed by atoms with Crippen LogP contribution in [0.3, 0.4) is 0 Å². The molecule has 1 aliphatic rings. The fourth-order valence-corrected chi connectivity index (χ4v) is 4.40. The number of hydrogen-bond donors (Lipinski definition) is 0. The van der Waals surface area contributed by atoms with Gasteiger partial charge in [-0.2, -0.15) is 4.31 Å². The quantitative estimate of drug-likeness (QED) is 0.599. The zero-order chi connectivity index (χ0) is 18.0. The third-order valence-electron chi connectivity index (χ3n) is 3.95. The van der Waals surface area contributed by atoms with Crippen LogP contribution in [0.25, 0.3) is 0 Å². The highest BCUT2D eigenvalue weighted by molar-refractivity contribution is 7.89. The van der Waals surface area contributed by atoms with Crippen molar-refractivity contribution in [1.82, 2.24) is 4.31 Å². The van der Waals surface area contributed by atoms with E-state index in [1.807, 2.05) is 0 Å². The van der Waals surface area contributed by atoms with Gasteiger partial charge < -0.3 is 4.74 Å². The lowest BCUT2D eigenvalue weighted by Crippen LogP contribution is -2.42. The SMILES string of the molecule is O=[N+]([O-])c1cccc(S(=O)(=O)N2CCOC(c3ccccc3Cl)C2)c1. The first-order valence-corrected chi connectivity index (χ1v) is 9.32. The van der Waals surface area contributed by atoms with Gasteiger partial charge in [0.1, 0.15) is 0 Å². The zero-order valence-corrected chi connectivity index (χ0v) is 14.6. The van der Waals surface area contributed by atoms with E-state index in [-0.39, 0.29) is 30.3 Å². The van der Waals surface area contributed by atoms with E-state index in [1.54, 1.807) is 24.3 Å². The molecule has 0 aromatic heterocycles. The summed E-state index contributed by atoms with van der Waals surface area (Å²) in [4.78, 5) is 10.2. The molecule has 2 aromatic rings. The van der Waals surface area contributed by atoms with Crippen molar-refractivity contribution in [1.29, 1.82) is 0 Å². The van der Waals surface area contributed by atoms with Gasteiger partial charge in [-0.05, 0) is 12.1 Å². The highest BCUT2D eigenvalue weighted by Crippen LogP contribution is 2.31. The van der Waals surface area contributed by atoms with E-state index in [0.29, 0.717) is 10.6 Å². The summed E-state index contributed by atoms with van der Waals surface area (Å²) in [6.45, 7) is 0.477. The second-order valence-electron chi connectivity index (χ2n) is 5.50. The van der Waals surface area contributed by atoms with Crippen LogP contribution in [0.15, 0.2) is 53.4 Å². The predicted octanol–water partition coefficient (Wildman–Crippen LogP) is 3.01. The highest BCUT2D eigenvalue weighted by atomic mass is 35.5. The third-order valence-corrected chi connectivity index (χ3v) is 6.15. The van der Waals surface area contributed by atoms with Gasteiger partial charge in [0, 0.05) is 35.8 Å². The topological polar surface area (TPSA) is 89.8 Å². The Morgan fingerprint density at radius 3 is 2.68 bits per heavy atom. The Morgan fingerprint density at radius 2 is 1.96 bits per heavy atom. The Morgan fingerprint density at radius 1 is 1.20 bits per heavy atom. The number of nitro groups is 1. The number of benzene rings is 2. The number of sulfonamides is 1. The van der Waals surface area contributed by atoms with Gasteiger partial charge >= 0.3 is 0 Å². The molecule has 0 saturated carbocycles. The standard InChI is InChI=1S/C16H15ClN2O5S/c17-15-7-2-1-6-14(15)16-11-18(8-9-24-16)25(22,23)13-5-3-4-12(10-13)19(20)21/h1-7,10,16H,8-9,11H2. The number of non-ortho nitro benzene ring substituents is 1. The average molecular weight is 383 g/mol. The van der Waals surface area contributed by atoms with Crippen LogP contribution in [-0.2, 0) is 14.8 Å². The van der Waals surface area contributed by atoms with Gasteiger partial charge in [0.2, 0.25) is 10.0 Å². The molecule has 7 nitrogen and oxygen atoms in total. The van der Waals surface area contributed by atoms with Crippen molar-refractivity contribution in [3.8, 4) is 0 Å². The van der Waals surface area contributed by atoms with Gasteiger partial charge in [-0.25, -0.2) is 8.42 Å². The summed E-state index contributed by atoms with van der Waals surface area (Å²) in [6, 6.07) is 12.1. The van der Waals surface area contributed by atoms with Crippen molar-refractivity contribution in [2.45, 2.75) is 11.0 Å². The van der Waals surface area contributed by atoms with Crippen LogP contribution in [0.5, 0.6) is 0 Å². The molecular weight excluding hydrogens is 368 g/mol. The van der Waals surface area contributed by atoms with E-state index in [2.05, 4.69) is 0 Å². The molecule has 9 heteroatoms. The Labute approximate surface area is 150 Å². The molecule has 1 heterocycles. The van der Waals surface area contributed by atoms with E-state index in [9.17, 15) is 18.5 Å². The first kappa shape index (κ1) is 17.8. The van der Waals surface area contributed by atoms with E-state index < -0.39 is 21.1 Å². The summed E-state index contributed by atoms with van der Waals surface area (Å²) in [7, 11) is -3.87. The Bertz CT molecular complexity index is 903.